The molecule has 3 amide bonds. The Hall–Kier alpha value is -0.970. The second-order valence-electron chi connectivity index (χ2n) is 3.97. The van der Waals surface area contributed by atoms with Crippen LogP contribution < -0.4 is 5.32 Å². The molecule has 0 spiro atoms. The van der Waals surface area contributed by atoms with Crippen molar-refractivity contribution in [3.8, 4) is 0 Å². The summed E-state index contributed by atoms with van der Waals surface area (Å²) in [6.45, 7) is 4.76. The number of nitrogens with one attached hydrogen (secondary N) is 1. The van der Waals surface area contributed by atoms with E-state index in [1.165, 1.54) is 9.80 Å². The molecule has 16 heavy (non-hydrogen) atoms. The second kappa shape index (κ2) is 7.33. The SMILES string of the molecule is CC(C)NC(=O)N(C)CCN(C)C(=O)CCl. The third kappa shape index (κ3) is 5.80. The van der Waals surface area contributed by atoms with E-state index >= 15 is 0 Å². The van der Waals surface area contributed by atoms with Crippen LogP contribution in [0.5, 0.6) is 0 Å². The highest BCUT2D eigenvalue weighted by molar-refractivity contribution is 6.27. The van der Waals surface area contributed by atoms with E-state index in [0.717, 1.165) is 0 Å². The first-order valence-electron chi connectivity index (χ1n) is 5.20. The van der Waals surface area contributed by atoms with Crippen LogP contribution in [0, 0.1) is 0 Å². The highest BCUT2D eigenvalue weighted by Crippen LogP contribution is 1.92. The fourth-order valence-corrected chi connectivity index (χ4v) is 1.19. The molecule has 6 heteroatoms. The standard InChI is InChI=1S/C10H20ClN3O2/c1-8(2)12-10(16)14(4)6-5-13(3)9(15)7-11/h8H,5-7H2,1-4H3,(H,12,16). The van der Waals surface area contributed by atoms with Gasteiger partial charge in [0.1, 0.15) is 5.88 Å². The molecule has 0 radical (unpaired) electrons. The summed E-state index contributed by atoms with van der Waals surface area (Å²) in [5, 5.41) is 2.77. The molecule has 94 valence electrons. The van der Waals surface area contributed by atoms with Crippen LogP contribution in [0.25, 0.3) is 0 Å². The summed E-state index contributed by atoms with van der Waals surface area (Å²) in [5.74, 6) is -0.169. The lowest BCUT2D eigenvalue weighted by atomic mass is 10.4. The highest BCUT2D eigenvalue weighted by atomic mass is 35.5. The zero-order chi connectivity index (χ0) is 12.7. The smallest absolute Gasteiger partial charge is 0.317 e. The first kappa shape index (κ1) is 15.0. The third-order valence-corrected chi connectivity index (χ3v) is 2.30. The van der Waals surface area contributed by atoms with Gasteiger partial charge in [-0.15, -0.1) is 11.6 Å². The number of hydrogen-bond acceptors (Lipinski definition) is 2. The molecule has 0 aliphatic heterocycles. The molecule has 0 fully saturated rings. The Morgan fingerprint density at radius 1 is 1.19 bits per heavy atom. The van der Waals surface area contributed by atoms with Crippen molar-refractivity contribution in [1.82, 2.24) is 15.1 Å². The van der Waals surface area contributed by atoms with Gasteiger partial charge in [-0.25, -0.2) is 4.79 Å². The molecule has 0 rings (SSSR count). The molecule has 0 bridgehead atoms. The Morgan fingerprint density at radius 2 is 1.69 bits per heavy atom. The number of rotatable bonds is 5. The third-order valence-electron chi connectivity index (χ3n) is 2.07. The average Bonchev–Trinajstić information content (AvgIpc) is 2.23. The maximum absolute atomic E-state index is 11.5. The predicted molar refractivity (Wildman–Crippen MR) is 64.7 cm³/mol. The molecule has 0 aliphatic carbocycles. The van der Waals surface area contributed by atoms with Crippen LogP contribution in [0.2, 0.25) is 0 Å². The number of alkyl halides is 1. The van der Waals surface area contributed by atoms with Crippen LogP contribution >= 0.6 is 11.6 Å². The van der Waals surface area contributed by atoms with Crippen LogP contribution in [-0.4, -0.2) is 60.8 Å². The Balaban J connectivity index is 3.92. The van der Waals surface area contributed by atoms with Gasteiger partial charge in [0.2, 0.25) is 5.91 Å². The van der Waals surface area contributed by atoms with Gasteiger partial charge in [-0.3, -0.25) is 4.79 Å². The van der Waals surface area contributed by atoms with E-state index < -0.39 is 0 Å². The van der Waals surface area contributed by atoms with Crippen molar-refractivity contribution in [3.63, 3.8) is 0 Å². The molecule has 0 aromatic rings. The van der Waals surface area contributed by atoms with Crippen LogP contribution in [0.4, 0.5) is 4.79 Å². The molecule has 0 aromatic heterocycles. The number of likely N-dealkylation sites (N-methyl/N-ethyl adjacent to an activating group) is 2. The highest BCUT2D eigenvalue weighted by Gasteiger charge is 2.12. The predicted octanol–water partition coefficient (Wildman–Crippen LogP) is 0.733. The van der Waals surface area contributed by atoms with E-state index in [4.69, 9.17) is 11.6 Å². The average molecular weight is 250 g/mol. The van der Waals surface area contributed by atoms with Crippen molar-refractivity contribution in [2.24, 2.45) is 0 Å². The minimum absolute atomic E-state index is 0.0294. The molecule has 0 saturated heterocycles. The van der Waals surface area contributed by atoms with Gasteiger partial charge in [0.25, 0.3) is 0 Å². The van der Waals surface area contributed by atoms with E-state index in [1.54, 1.807) is 14.1 Å². The Bertz CT molecular complexity index is 246. The number of nitrogens with zero attached hydrogens (tertiary/aromatic N) is 2. The van der Waals surface area contributed by atoms with E-state index in [1.807, 2.05) is 13.8 Å². The summed E-state index contributed by atoms with van der Waals surface area (Å²) < 4.78 is 0. The van der Waals surface area contributed by atoms with E-state index in [9.17, 15) is 9.59 Å². The van der Waals surface area contributed by atoms with E-state index in [0.29, 0.717) is 13.1 Å². The molecule has 0 atom stereocenters. The lowest BCUT2D eigenvalue weighted by Crippen LogP contribution is -2.44. The Labute approximate surface area is 102 Å². The quantitative estimate of drug-likeness (QED) is 0.731. The largest absolute Gasteiger partial charge is 0.343 e. The van der Waals surface area contributed by atoms with E-state index in [-0.39, 0.29) is 23.9 Å². The van der Waals surface area contributed by atoms with Crippen molar-refractivity contribution in [1.29, 1.82) is 0 Å². The zero-order valence-electron chi connectivity index (χ0n) is 10.3. The lowest BCUT2D eigenvalue weighted by Gasteiger charge is -2.23. The first-order valence-corrected chi connectivity index (χ1v) is 5.73. The summed E-state index contributed by atoms with van der Waals surface area (Å²) in [5.41, 5.74) is 0. The molecule has 5 nitrogen and oxygen atoms in total. The number of carbonyl (C=O) groups is 2. The molecular weight excluding hydrogens is 230 g/mol. The fraction of sp³-hybridized carbons (Fsp3) is 0.800. The molecule has 0 saturated carbocycles. The number of hydrogen-bond donors (Lipinski definition) is 1. The van der Waals surface area contributed by atoms with Crippen LogP contribution in [0.1, 0.15) is 13.8 Å². The fourth-order valence-electron chi connectivity index (χ4n) is 0.985. The van der Waals surface area contributed by atoms with Crippen LogP contribution in [-0.2, 0) is 4.79 Å². The van der Waals surface area contributed by atoms with Gasteiger partial charge in [-0.1, -0.05) is 0 Å². The first-order chi connectivity index (χ1) is 7.38. The molecule has 0 unspecified atom stereocenters. The lowest BCUT2D eigenvalue weighted by molar-refractivity contribution is -0.127. The van der Waals surface area contributed by atoms with Gasteiger partial charge in [0, 0.05) is 33.2 Å². The molecule has 0 heterocycles. The van der Waals surface area contributed by atoms with Gasteiger partial charge < -0.3 is 15.1 Å². The minimum Gasteiger partial charge on any atom is -0.343 e. The normalized spacial score (nSPS) is 10.1. The van der Waals surface area contributed by atoms with Crippen molar-refractivity contribution >= 4 is 23.5 Å². The van der Waals surface area contributed by atoms with Gasteiger partial charge in [0.15, 0.2) is 0 Å². The summed E-state index contributed by atoms with van der Waals surface area (Å²) in [6, 6.07) is -0.0288. The Kier molecular flexibility index (Phi) is 6.88. The number of carbonyl (C=O) groups excluding carboxylic acids is 2. The summed E-state index contributed by atoms with van der Waals surface area (Å²) in [7, 11) is 3.36. The minimum atomic E-state index is -0.140. The topological polar surface area (TPSA) is 52.7 Å². The van der Waals surface area contributed by atoms with Gasteiger partial charge in [-0.05, 0) is 13.8 Å². The second-order valence-corrected chi connectivity index (χ2v) is 4.24. The van der Waals surface area contributed by atoms with Crippen molar-refractivity contribution in [2.45, 2.75) is 19.9 Å². The molecule has 1 N–H and O–H groups in total. The molecular formula is C10H20ClN3O2. The van der Waals surface area contributed by atoms with Gasteiger partial charge >= 0.3 is 6.03 Å². The summed E-state index contributed by atoms with van der Waals surface area (Å²) >= 11 is 5.41. The molecule has 0 aliphatic rings. The van der Waals surface area contributed by atoms with E-state index in [2.05, 4.69) is 5.32 Å². The maximum Gasteiger partial charge on any atom is 0.317 e. The van der Waals surface area contributed by atoms with Gasteiger partial charge in [-0.2, -0.15) is 0 Å². The number of halogens is 1. The monoisotopic (exact) mass is 249 g/mol. The summed E-state index contributed by atoms with van der Waals surface area (Å²) in [6.07, 6.45) is 0. The van der Waals surface area contributed by atoms with Crippen molar-refractivity contribution < 1.29 is 9.59 Å². The maximum atomic E-state index is 11.5. The number of urea groups is 1. The number of amides is 3. The van der Waals surface area contributed by atoms with Crippen LogP contribution in [0.3, 0.4) is 0 Å². The van der Waals surface area contributed by atoms with Crippen molar-refractivity contribution in [3.05, 3.63) is 0 Å². The van der Waals surface area contributed by atoms with Crippen LogP contribution in [0.15, 0.2) is 0 Å². The van der Waals surface area contributed by atoms with Crippen molar-refractivity contribution in [2.75, 3.05) is 33.1 Å². The summed E-state index contributed by atoms with van der Waals surface area (Å²) in [4.78, 5) is 25.7. The zero-order valence-corrected chi connectivity index (χ0v) is 11.0. The molecule has 0 aromatic carbocycles. The van der Waals surface area contributed by atoms with Gasteiger partial charge in [0.05, 0.1) is 0 Å². The Morgan fingerprint density at radius 3 is 2.12 bits per heavy atom.